The number of nitrogens with zero attached hydrogens (tertiary/aromatic N) is 2. The number of morpholine rings is 1. The maximum atomic E-state index is 12.9. The lowest BCUT2D eigenvalue weighted by molar-refractivity contribution is 0.0384. The highest BCUT2D eigenvalue weighted by Gasteiger charge is 2.17. The van der Waals surface area contributed by atoms with Gasteiger partial charge in [-0.05, 0) is 61.6 Å². The second kappa shape index (κ2) is 10.4. The van der Waals surface area contributed by atoms with Crippen LogP contribution >= 0.6 is 10.5 Å². The van der Waals surface area contributed by atoms with Crippen LogP contribution in [0, 0.1) is 0 Å². The Morgan fingerprint density at radius 1 is 1.32 bits per heavy atom. The van der Waals surface area contributed by atoms with Gasteiger partial charge in [-0.1, -0.05) is 18.0 Å². The average Bonchev–Trinajstić information content (AvgIpc) is 3.31. The lowest BCUT2D eigenvalue weighted by atomic mass is 9.91. The average molecular weight is 441 g/mol. The molecule has 0 bridgehead atoms. The Hall–Kier alpha value is -2.22. The van der Waals surface area contributed by atoms with E-state index in [-0.39, 0.29) is 16.4 Å². The number of carbonyl (C=O) groups is 1. The molecule has 1 aliphatic carbocycles. The number of aromatic nitrogens is 2. The van der Waals surface area contributed by atoms with E-state index >= 15 is 0 Å². The number of rotatable bonds is 7. The first-order valence-electron chi connectivity index (χ1n) is 11.0. The number of nitrogens with one attached hydrogen (secondary N) is 2. The monoisotopic (exact) mass is 440 g/mol. The summed E-state index contributed by atoms with van der Waals surface area (Å²) in [5.74, 6) is 3.82. The van der Waals surface area contributed by atoms with Gasteiger partial charge in [0.1, 0.15) is 5.69 Å². The van der Waals surface area contributed by atoms with Crippen molar-refractivity contribution in [2.75, 3.05) is 44.4 Å². The quantitative estimate of drug-likeness (QED) is 0.634. The van der Waals surface area contributed by atoms with Gasteiger partial charge in [0.2, 0.25) is 0 Å². The van der Waals surface area contributed by atoms with Gasteiger partial charge in [-0.3, -0.25) is 9.69 Å². The smallest absolute Gasteiger partial charge is 0.273 e. The molecule has 0 spiro atoms. The van der Waals surface area contributed by atoms with Crippen LogP contribution in [0.4, 0.5) is 5.69 Å². The van der Waals surface area contributed by atoms with Gasteiger partial charge in [-0.15, -0.1) is 10.5 Å². The van der Waals surface area contributed by atoms with Crippen LogP contribution in [-0.4, -0.2) is 65.7 Å². The van der Waals surface area contributed by atoms with Crippen molar-refractivity contribution in [1.82, 2.24) is 14.9 Å². The molecule has 1 saturated heterocycles. The van der Waals surface area contributed by atoms with E-state index < -0.39 is 0 Å². The minimum Gasteiger partial charge on any atom is -0.379 e. The third-order valence-electron chi connectivity index (χ3n) is 5.92. The van der Waals surface area contributed by atoms with Crippen molar-refractivity contribution in [3.05, 3.63) is 47.3 Å². The molecule has 1 aromatic heterocycles. The number of hydrogen-bond donors (Lipinski definition) is 2. The fraction of sp³-hybridized carbons (Fsp3) is 0.458. The molecule has 166 valence electrons. The number of H-pyrrole nitrogens is 1. The van der Waals surface area contributed by atoms with Crippen LogP contribution < -0.4 is 5.32 Å². The maximum Gasteiger partial charge on any atom is 0.273 e. The number of amides is 1. The Morgan fingerprint density at radius 3 is 2.87 bits per heavy atom. The molecule has 4 rings (SSSR count). The van der Waals surface area contributed by atoms with Crippen molar-refractivity contribution >= 4 is 33.5 Å². The molecule has 2 aliphatic rings. The van der Waals surface area contributed by atoms with Gasteiger partial charge < -0.3 is 15.0 Å². The number of benzene rings is 1. The van der Waals surface area contributed by atoms with Gasteiger partial charge in [0, 0.05) is 30.9 Å². The summed E-state index contributed by atoms with van der Waals surface area (Å²) >= 11 is 0. The number of carbonyl (C=O) groups excluding carboxylic acids is 1. The van der Waals surface area contributed by atoms with Crippen molar-refractivity contribution < 1.29 is 9.53 Å². The summed E-state index contributed by atoms with van der Waals surface area (Å²) in [5.41, 5.74) is 5.14. The van der Waals surface area contributed by atoms with E-state index in [4.69, 9.17) is 4.74 Å². The summed E-state index contributed by atoms with van der Waals surface area (Å²) in [5, 5.41) is 3.86. The standard InChI is InChI=1S/C24H32N4O2S/c1-31(2)24-25-17-22(27-24)23(29)26-21-9-8-18(10-11-28-12-14-30-15-13-28)16-20(21)19-6-4-3-5-7-19/h6,8-9,16-17H,1,3-5,7,10-15H2,2H3,(H,25,27)(H,26,29). The summed E-state index contributed by atoms with van der Waals surface area (Å²) in [6.45, 7) is 4.70. The number of anilines is 1. The normalized spacial score (nSPS) is 18.4. The zero-order chi connectivity index (χ0) is 21.6. The van der Waals surface area contributed by atoms with Crippen LogP contribution in [0.25, 0.3) is 5.57 Å². The van der Waals surface area contributed by atoms with E-state index in [1.54, 1.807) is 6.20 Å². The van der Waals surface area contributed by atoms with Crippen molar-refractivity contribution in [1.29, 1.82) is 0 Å². The molecule has 0 saturated carbocycles. The van der Waals surface area contributed by atoms with Crippen LogP contribution in [0.2, 0.25) is 0 Å². The highest BCUT2D eigenvalue weighted by atomic mass is 32.2. The molecule has 2 heterocycles. The van der Waals surface area contributed by atoms with Crippen molar-refractivity contribution in [3.8, 4) is 0 Å². The zero-order valence-electron chi connectivity index (χ0n) is 18.3. The molecule has 7 heteroatoms. The second-order valence-corrected chi connectivity index (χ2v) is 9.91. The molecule has 1 aliphatic heterocycles. The summed E-state index contributed by atoms with van der Waals surface area (Å²) < 4.78 is 5.45. The molecular formula is C24H32N4O2S. The van der Waals surface area contributed by atoms with E-state index in [1.807, 2.05) is 6.26 Å². The number of ether oxygens (including phenoxy) is 1. The summed E-state index contributed by atoms with van der Waals surface area (Å²) in [6.07, 6.45) is 11.5. The van der Waals surface area contributed by atoms with Gasteiger partial charge in [0.15, 0.2) is 5.16 Å². The third-order valence-corrected chi connectivity index (χ3v) is 6.78. The lowest BCUT2D eigenvalue weighted by Gasteiger charge is -2.26. The van der Waals surface area contributed by atoms with Crippen molar-refractivity contribution in [2.45, 2.75) is 37.3 Å². The zero-order valence-corrected chi connectivity index (χ0v) is 19.1. The highest BCUT2D eigenvalue weighted by molar-refractivity contribution is 8.13. The van der Waals surface area contributed by atoms with Crippen LogP contribution in [0.1, 0.15) is 47.3 Å². The summed E-state index contributed by atoms with van der Waals surface area (Å²) in [6, 6.07) is 6.46. The Kier molecular flexibility index (Phi) is 7.37. The molecule has 1 amide bonds. The fourth-order valence-corrected chi connectivity index (χ4v) is 4.62. The first kappa shape index (κ1) is 22.0. The van der Waals surface area contributed by atoms with Crippen molar-refractivity contribution in [2.24, 2.45) is 0 Å². The molecule has 1 atom stereocenters. The molecule has 31 heavy (non-hydrogen) atoms. The van der Waals surface area contributed by atoms with Gasteiger partial charge in [0.05, 0.1) is 19.4 Å². The van der Waals surface area contributed by atoms with Gasteiger partial charge in [0.25, 0.3) is 5.91 Å². The van der Waals surface area contributed by atoms with Gasteiger partial charge in [-0.2, -0.15) is 0 Å². The first-order chi connectivity index (χ1) is 15.1. The van der Waals surface area contributed by atoms with E-state index in [2.05, 4.69) is 50.3 Å². The summed E-state index contributed by atoms with van der Waals surface area (Å²) in [7, 11) is -0.255. The van der Waals surface area contributed by atoms with E-state index in [0.717, 1.165) is 68.5 Å². The van der Waals surface area contributed by atoms with Crippen molar-refractivity contribution in [3.63, 3.8) is 0 Å². The molecule has 0 radical (unpaired) electrons. The minimum atomic E-state index is -0.255. The lowest BCUT2D eigenvalue weighted by Crippen LogP contribution is -2.37. The summed E-state index contributed by atoms with van der Waals surface area (Å²) in [4.78, 5) is 22.7. The topological polar surface area (TPSA) is 70.2 Å². The van der Waals surface area contributed by atoms with Crippen LogP contribution in [-0.2, 0) is 11.2 Å². The Balaban J connectivity index is 1.53. The number of hydrogen-bond acceptors (Lipinski definition) is 4. The molecule has 6 nitrogen and oxygen atoms in total. The number of imidazole rings is 1. The third kappa shape index (κ3) is 5.73. The predicted molar refractivity (Wildman–Crippen MR) is 129 cm³/mol. The Morgan fingerprint density at radius 2 is 2.16 bits per heavy atom. The first-order valence-corrected chi connectivity index (χ1v) is 12.8. The number of aromatic amines is 1. The van der Waals surface area contributed by atoms with E-state index in [0.29, 0.717) is 5.69 Å². The van der Waals surface area contributed by atoms with Crippen LogP contribution in [0.5, 0.6) is 0 Å². The molecule has 1 unspecified atom stereocenters. The fourth-order valence-electron chi connectivity index (χ4n) is 4.10. The van der Waals surface area contributed by atoms with Gasteiger partial charge >= 0.3 is 0 Å². The van der Waals surface area contributed by atoms with Crippen LogP contribution in [0.3, 0.4) is 0 Å². The van der Waals surface area contributed by atoms with Gasteiger partial charge in [-0.25, -0.2) is 4.98 Å². The second-order valence-electron chi connectivity index (χ2n) is 8.25. The maximum absolute atomic E-state index is 12.9. The predicted octanol–water partition coefficient (Wildman–Crippen LogP) is 4.18. The minimum absolute atomic E-state index is 0.164. The molecule has 1 fully saturated rings. The Labute approximate surface area is 187 Å². The largest absolute Gasteiger partial charge is 0.379 e. The molecule has 1 aromatic carbocycles. The van der Waals surface area contributed by atoms with Crippen LogP contribution in [0.15, 0.2) is 35.6 Å². The Bertz CT molecular complexity index is 976. The SMILES string of the molecule is C=S(C)c1ncc(C(=O)Nc2ccc(CCN3CCOCC3)cc2C2=CCCCC2)[nH]1. The molecule has 2 aromatic rings. The van der Waals surface area contributed by atoms with E-state index in [1.165, 1.54) is 24.0 Å². The molecular weight excluding hydrogens is 408 g/mol. The molecule has 2 N–H and O–H groups in total. The highest BCUT2D eigenvalue weighted by Crippen LogP contribution is 2.33. The number of allylic oxidation sites excluding steroid dienone is 2. The van der Waals surface area contributed by atoms with E-state index in [9.17, 15) is 4.79 Å².